The first-order valence-corrected chi connectivity index (χ1v) is 5.82. The minimum atomic E-state index is 0.831. The van der Waals surface area contributed by atoms with E-state index in [1.807, 2.05) is 0 Å². The summed E-state index contributed by atoms with van der Waals surface area (Å²) in [7, 11) is 0. The van der Waals surface area contributed by atoms with E-state index < -0.39 is 0 Å². The van der Waals surface area contributed by atoms with Crippen LogP contribution < -0.4 is 0 Å². The molecule has 2 rings (SSSR count). The lowest BCUT2D eigenvalue weighted by Crippen LogP contribution is -2.10. The van der Waals surface area contributed by atoms with Gasteiger partial charge in [0.15, 0.2) is 0 Å². The van der Waals surface area contributed by atoms with Crippen molar-refractivity contribution in [3.05, 3.63) is 35.9 Å². The Bertz CT molecular complexity index is 216. The minimum absolute atomic E-state index is 0.831. The molecule has 0 N–H and O–H groups in total. The highest BCUT2D eigenvalue weighted by molar-refractivity contribution is 8.32. The average Bonchev–Trinajstić information content (AvgIpc) is 1.99. The first kappa shape index (κ1) is 7.56. The highest BCUT2D eigenvalue weighted by Gasteiger charge is 2.18. The molecular formula is C9H10S2. The molecule has 1 aromatic carbocycles. The normalized spacial score (nSPS) is 17.8. The van der Waals surface area contributed by atoms with Crippen molar-refractivity contribution in [2.24, 2.45) is 0 Å². The van der Waals surface area contributed by atoms with Crippen molar-refractivity contribution in [3.63, 3.8) is 0 Å². The van der Waals surface area contributed by atoms with Crippen LogP contribution in [-0.4, -0.2) is 9.67 Å². The second kappa shape index (κ2) is 3.55. The molecule has 0 bridgehead atoms. The van der Waals surface area contributed by atoms with Crippen molar-refractivity contribution in [2.75, 3.05) is 5.08 Å². The molecule has 1 aromatic rings. The van der Waals surface area contributed by atoms with Crippen LogP contribution in [0.15, 0.2) is 30.3 Å². The number of benzene rings is 1. The fourth-order valence-corrected chi connectivity index (χ4v) is 3.02. The molecule has 1 fully saturated rings. The number of thioether (sulfide) groups is 2. The van der Waals surface area contributed by atoms with E-state index in [-0.39, 0.29) is 0 Å². The van der Waals surface area contributed by atoms with Crippen molar-refractivity contribution in [1.82, 2.24) is 0 Å². The second-order valence-electron chi connectivity index (χ2n) is 2.57. The maximum atomic E-state index is 2.21. The molecule has 0 saturated carbocycles. The van der Waals surface area contributed by atoms with Crippen molar-refractivity contribution in [3.8, 4) is 0 Å². The summed E-state index contributed by atoms with van der Waals surface area (Å²) in [5.41, 5.74) is 1.47. The van der Waals surface area contributed by atoms with Crippen LogP contribution in [0.1, 0.15) is 5.56 Å². The van der Waals surface area contributed by atoms with Gasteiger partial charge < -0.3 is 0 Å². The van der Waals surface area contributed by atoms with Gasteiger partial charge in [0.05, 0.1) is 4.58 Å². The summed E-state index contributed by atoms with van der Waals surface area (Å²) in [5, 5.41) is 1.29. The van der Waals surface area contributed by atoms with Crippen molar-refractivity contribution >= 4 is 23.5 Å². The summed E-state index contributed by atoms with van der Waals surface area (Å²) >= 11 is 4.13. The van der Waals surface area contributed by atoms with Crippen LogP contribution in [0.5, 0.6) is 0 Å². The molecule has 0 nitrogen and oxygen atoms in total. The van der Waals surface area contributed by atoms with Crippen LogP contribution >= 0.6 is 23.5 Å². The van der Waals surface area contributed by atoms with Crippen molar-refractivity contribution in [1.29, 1.82) is 0 Å². The Morgan fingerprint density at radius 2 is 1.91 bits per heavy atom. The fourth-order valence-electron chi connectivity index (χ4n) is 1.09. The van der Waals surface area contributed by atoms with Crippen LogP contribution in [-0.2, 0) is 6.42 Å². The Labute approximate surface area is 75.8 Å². The van der Waals surface area contributed by atoms with Crippen LogP contribution in [0, 0.1) is 0 Å². The highest BCUT2D eigenvalue weighted by Crippen LogP contribution is 2.40. The van der Waals surface area contributed by atoms with Gasteiger partial charge in [-0.2, -0.15) is 0 Å². The maximum Gasteiger partial charge on any atom is 0.0559 e. The lowest BCUT2D eigenvalue weighted by atomic mass is 10.2. The molecule has 0 radical (unpaired) electrons. The smallest absolute Gasteiger partial charge is 0.0559 e. The standard InChI is InChI=1S/C9H10S2/c1-2-4-8(5-3-1)6-9-10-7-11-9/h1-5,9H,6-7H2. The topological polar surface area (TPSA) is 0 Å². The van der Waals surface area contributed by atoms with Gasteiger partial charge in [0.1, 0.15) is 0 Å². The number of hydrogen-bond acceptors (Lipinski definition) is 2. The molecular weight excluding hydrogens is 172 g/mol. The van der Waals surface area contributed by atoms with Crippen LogP contribution in [0.3, 0.4) is 0 Å². The third-order valence-corrected chi connectivity index (χ3v) is 4.74. The van der Waals surface area contributed by atoms with E-state index >= 15 is 0 Å². The molecule has 11 heavy (non-hydrogen) atoms. The predicted molar refractivity (Wildman–Crippen MR) is 54.0 cm³/mol. The molecule has 0 unspecified atom stereocenters. The molecule has 0 spiro atoms. The Kier molecular flexibility index (Phi) is 2.44. The Morgan fingerprint density at radius 3 is 2.45 bits per heavy atom. The van der Waals surface area contributed by atoms with Crippen molar-refractivity contribution in [2.45, 2.75) is 11.0 Å². The molecule has 1 saturated heterocycles. The fraction of sp³-hybridized carbons (Fsp3) is 0.333. The zero-order valence-electron chi connectivity index (χ0n) is 6.19. The largest absolute Gasteiger partial charge is 0.136 e. The van der Waals surface area contributed by atoms with Gasteiger partial charge in [-0.05, 0) is 12.0 Å². The minimum Gasteiger partial charge on any atom is -0.136 e. The lowest BCUT2D eigenvalue weighted by molar-refractivity contribution is 1.10. The van der Waals surface area contributed by atoms with E-state index in [1.165, 1.54) is 17.1 Å². The third-order valence-electron chi connectivity index (χ3n) is 1.75. The Morgan fingerprint density at radius 1 is 1.18 bits per heavy atom. The summed E-state index contributed by atoms with van der Waals surface area (Å²) in [6.45, 7) is 0. The highest BCUT2D eigenvalue weighted by atomic mass is 32.3. The SMILES string of the molecule is c1ccc(CC2SCS2)cc1. The van der Waals surface area contributed by atoms with Crippen LogP contribution in [0.4, 0.5) is 0 Å². The first-order valence-electron chi connectivity index (χ1n) is 3.72. The van der Waals surface area contributed by atoms with E-state index in [4.69, 9.17) is 0 Å². The van der Waals surface area contributed by atoms with E-state index in [1.54, 1.807) is 0 Å². The van der Waals surface area contributed by atoms with Crippen molar-refractivity contribution < 1.29 is 0 Å². The summed E-state index contributed by atoms with van der Waals surface area (Å²) in [6.07, 6.45) is 1.23. The Hall–Kier alpha value is -0.0800. The molecule has 1 aliphatic heterocycles. The van der Waals surface area contributed by atoms with E-state index in [9.17, 15) is 0 Å². The van der Waals surface area contributed by atoms with Gasteiger partial charge in [0, 0.05) is 5.08 Å². The molecule has 0 atom stereocenters. The van der Waals surface area contributed by atoms with Gasteiger partial charge in [-0.1, -0.05) is 30.3 Å². The van der Waals surface area contributed by atoms with Gasteiger partial charge >= 0.3 is 0 Å². The van der Waals surface area contributed by atoms with E-state index in [0.717, 1.165) is 4.58 Å². The van der Waals surface area contributed by atoms with E-state index in [0.29, 0.717) is 0 Å². The van der Waals surface area contributed by atoms with Gasteiger partial charge in [0.2, 0.25) is 0 Å². The molecule has 0 aliphatic carbocycles. The quantitative estimate of drug-likeness (QED) is 0.689. The second-order valence-corrected chi connectivity index (χ2v) is 5.62. The average molecular weight is 182 g/mol. The predicted octanol–water partition coefficient (Wildman–Crippen LogP) is 2.99. The van der Waals surface area contributed by atoms with E-state index in [2.05, 4.69) is 53.9 Å². The first-order chi connectivity index (χ1) is 5.45. The summed E-state index contributed by atoms with van der Waals surface area (Å²) in [5.74, 6) is 0. The molecule has 2 heteroatoms. The zero-order valence-corrected chi connectivity index (χ0v) is 7.83. The summed E-state index contributed by atoms with van der Waals surface area (Å²) in [4.78, 5) is 0. The summed E-state index contributed by atoms with van der Waals surface area (Å²) in [6, 6.07) is 10.7. The monoisotopic (exact) mass is 182 g/mol. The molecule has 0 amide bonds. The molecule has 1 heterocycles. The van der Waals surface area contributed by atoms with Gasteiger partial charge in [0.25, 0.3) is 0 Å². The number of rotatable bonds is 2. The molecule has 58 valence electrons. The molecule has 0 aromatic heterocycles. The van der Waals surface area contributed by atoms with Gasteiger partial charge in [-0.3, -0.25) is 0 Å². The van der Waals surface area contributed by atoms with Crippen LogP contribution in [0.25, 0.3) is 0 Å². The number of hydrogen-bond donors (Lipinski definition) is 0. The zero-order chi connectivity index (χ0) is 7.52. The Balaban J connectivity index is 1.95. The molecule has 1 aliphatic rings. The van der Waals surface area contributed by atoms with Gasteiger partial charge in [-0.25, -0.2) is 0 Å². The lowest BCUT2D eigenvalue weighted by Gasteiger charge is -2.23. The maximum absolute atomic E-state index is 2.21. The summed E-state index contributed by atoms with van der Waals surface area (Å²) < 4.78 is 0.831. The van der Waals surface area contributed by atoms with Gasteiger partial charge in [-0.15, -0.1) is 23.5 Å². The van der Waals surface area contributed by atoms with Crippen LogP contribution in [0.2, 0.25) is 0 Å². The third kappa shape index (κ3) is 1.94.